The van der Waals surface area contributed by atoms with Gasteiger partial charge in [-0.3, -0.25) is 14.5 Å². The number of carbonyl (C=O) groups is 1. The first-order valence-corrected chi connectivity index (χ1v) is 9.94. The van der Waals surface area contributed by atoms with Gasteiger partial charge < -0.3 is 5.32 Å². The van der Waals surface area contributed by atoms with Gasteiger partial charge in [0.1, 0.15) is 0 Å². The smallest absolute Gasteiger partial charge is 0.253 e. The van der Waals surface area contributed by atoms with E-state index in [-0.39, 0.29) is 11.9 Å². The minimum atomic E-state index is -0.0640. The van der Waals surface area contributed by atoms with Crippen LogP contribution in [0.2, 0.25) is 5.02 Å². The highest BCUT2D eigenvalue weighted by atomic mass is 35.5. The average molecular weight is 373 g/mol. The number of pyridine rings is 1. The Balaban J connectivity index is 1.31. The molecule has 1 N–H and O–H groups in total. The molecule has 0 aromatic carbocycles. The number of amides is 1. The molecule has 0 radical (unpaired) electrons. The number of rotatable bonds is 4. The summed E-state index contributed by atoms with van der Waals surface area (Å²) in [5.74, 6) is 0.591. The van der Waals surface area contributed by atoms with Crippen LogP contribution in [0.3, 0.4) is 0 Å². The van der Waals surface area contributed by atoms with E-state index >= 15 is 0 Å². The molecule has 138 valence electrons. The van der Waals surface area contributed by atoms with Gasteiger partial charge in [0.25, 0.3) is 5.91 Å². The van der Waals surface area contributed by atoms with E-state index in [1.807, 2.05) is 6.92 Å². The van der Waals surface area contributed by atoms with Crippen molar-refractivity contribution in [2.24, 2.45) is 5.92 Å². The molecule has 0 bridgehead atoms. The molecule has 2 aliphatic rings. The normalized spacial score (nSPS) is 22.2. The molecule has 1 amide bonds. The van der Waals surface area contributed by atoms with Crippen molar-refractivity contribution in [1.29, 1.82) is 0 Å². The minimum Gasteiger partial charge on any atom is -0.349 e. The summed E-state index contributed by atoms with van der Waals surface area (Å²) in [6.07, 6.45) is 11.6. The van der Waals surface area contributed by atoms with E-state index in [1.54, 1.807) is 12.3 Å². The summed E-state index contributed by atoms with van der Waals surface area (Å²) in [5.41, 5.74) is 4.18. The molecule has 2 aromatic rings. The van der Waals surface area contributed by atoms with Crippen LogP contribution in [-0.4, -0.2) is 26.7 Å². The Bertz CT molecular complexity index is 808. The fourth-order valence-corrected chi connectivity index (χ4v) is 4.44. The van der Waals surface area contributed by atoms with Gasteiger partial charge in [-0.2, -0.15) is 5.10 Å². The van der Waals surface area contributed by atoms with Gasteiger partial charge in [0.05, 0.1) is 22.5 Å². The summed E-state index contributed by atoms with van der Waals surface area (Å²) >= 11 is 5.98. The predicted molar refractivity (Wildman–Crippen MR) is 101 cm³/mol. The van der Waals surface area contributed by atoms with E-state index in [0.29, 0.717) is 22.2 Å². The molecule has 0 spiro atoms. The van der Waals surface area contributed by atoms with E-state index in [9.17, 15) is 4.79 Å². The summed E-state index contributed by atoms with van der Waals surface area (Å²) in [4.78, 5) is 16.7. The van der Waals surface area contributed by atoms with E-state index in [0.717, 1.165) is 32.2 Å². The molecule has 1 fully saturated rings. The summed E-state index contributed by atoms with van der Waals surface area (Å²) in [6, 6.07) is 1.93. The third-order valence-electron chi connectivity index (χ3n) is 5.81. The van der Waals surface area contributed by atoms with Gasteiger partial charge in [0.15, 0.2) is 0 Å². The third kappa shape index (κ3) is 3.63. The van der Waals surface area contributed by atoms with Crippen LogP contribution in [0.4, 0.5) is 0 Å². The SMILES string of the molecule is Cc1ncc(Cl)cc1C(=O)N[C@H]1CC[C@H](Cn2ncc3c2CCC3)CC1. The van der Waals surface area contributed by atoms with Crippen molar-refractivity contribution in [3.63, 3.8) is 0 Å². The van der Waals surface area contributed by atoms with Gasteiger partial charge in [-0.15, -0.1) is 0 Å². The molecule has 2 aromatic heterocycles. The van der Waals surface area contributed by atoms with Crippen molar-refractivity contribution >= 4 is 17.5 Å². The first kappa shape index (κ1) is 17.5. The summed E-state index contributed by atoms with van der Waals surface area (Å²) < 4.78 is 2.23. The third-order valence-corrected chi connectivity index (χ3v) is 6.01. The fraction of sp³-hybridized carbons (Fsp3) is 0.550. The fourth-order valence-electron chi connectivity index (χ4n) is 4.29. The largest absolute Gasteiger partial charge is 0.349 e. The van der Waals surface area contributed by atoms with E-state index in [2.05, 4.69) is 26.3 Å². The minimum absolute atomic E-state index is 0.0640. The first-order chi connectivity index (χ1) is 12.6. The Labute approximate surface area is 159 Å². The quantitative estimate of drug-likeness (QED) is 0.889. The maximum Gasteiger partial charge on any atom is 0.253 e. The topological polar surface area (TPSA) is 59.8 Å². The number of nitrogens with one attached hydrogen (secondary N) is 1. The van der Waals surface area contributed by atoms with Gasteiger partial charge in [-0.25, -0.2) is 0 Å². The molecule has 4 rings (SSSR count). The number of hydrogen-bond donors (Lipinski definition) is 1. The molecule has 0 saturated heterocycles. The first-order valence-electron chi connectivity index (χ1n) is 9.56. The Morgan fingerprint density at radius 1 is 1.27 bits per heavy atom. The van der Waals surface area contributed by atoms with Gasteiger partial charge in [0.2, 0.25) is 0 Å². The maximum atomic E-state index is 12.5. The van der Waals surface area contributed by atoms with Crippen molar-refractivity contribution in [2.75, 3.05) is 0 Å². The number of fused-ring (bicyclic) bond motifs is 1. The van der Waals surface area contributed by atoms with Gasteiger partial charge in [-0.05, 0) is 69.4 Å². The Kier molecular flexibility index (Phi) is 4.98. The second-order valence-corrected chi connectivity index (χ2v) is 8.07. The predicted octanol–water partition coefficient (Wildman–Crippen LogP) is 3.72. The highest BCUT2D eigenvalue weighted by molar-refractivity contribution is 6.30. The zero-order valence-corrected chi connectivity index (χ0v) is 15.9. The van der Waals surface area contributed by atoms with Gasteiger partial charge in [0, 0.05) is 24.5 Å². The van der Waals surface area contributed by atoms with Crippen LogP contribution in [0.25, 0.3) is 0 Å². The number of hydrogen-bond acceptors (Lipinski definition) is 3. The Morgan fingerprint density at radius 3 is 2.88 bits per heavy atom. The molecule has 26 heavy (non-hydrogen) atoms. The number of aromatic nitrogens is 3. The highest BCUT2D eigenvalue weighted by Crippen LogP contribution is 2.28. The van der Waals surface area contributed by atoms with Crippen LogP contribution in [0.5, 0.6) is 0 Å². The molecule has 0 atom stereocenters. The average Bonchev–Trinajstić information content (AvgIpc) is 3.24. The zero-order valence-electron chi connectivity index (χ0n) is 15.2. The van der Waals surface area contributed by atoms with Crippen LogP contribution in [0, 0.1) is 12.8 Å². The van der Waals surface area contributed by atoms with E-state index < -0.39 is 0 Å². The molecule has 1 saturated carbocycles. The lowest BCUT2D eigenvalue weighted by atomic mass is 9.86. The molecular weight excluding hydrogens is 348 g/mol. The van der Waals surface area contributed by atoms with Crippen molar-refractivity contribution in [2.45, 2.75) is 64.5 Å². The summed E-state index contributed by atoms with van der Waals surface area (Å²) in [5, 5.41) is 8.25. The van der Waals surface area contributed by atoms with Crippen molar-refractivity contribution in [3.05, 3.63) is 46.0 Å². The molecule has 0 aliphatic heterocycles. The van der Waals surface area contributed by atoms with Gasteiger partial charge in [-0.1, -0.05) is 11.6 Å². The Morgan fingerprint density at radius 2 is 2.08 bits per heavy atom. The second kappa shape index (κ2) is 7.39. The lowest BCUT2D eigenvalue weighted by Gasteiger charge is -2.29. The van der Waals surface area contributed by atoms with Crippen LogP contribution >= 0.6 is 11.6 Å². The monoisotopic (exact) mass is 372 g/mol. The number of halogens is 1. The van der Waals surface area contributed by atoms with Crippen molar-refractivity contribution in [3.8, 4) is 0 Å². The van der Waals surface area contributed by atoms with Crippen LogP contribution in [0.15, 0.2) is 18.5 Å². The van der Waals surface area contributed by atoms with E-state index in [4.69, 9.17) is 11.6 Å². The molecule has 0 unspecified atom stereocenters. The van der Waals surface area contributed by atoms with Crippen molar-refractivity contribution < 1.29 is 4.79 Å². The van der Waals surface area contributed by atoms with Gasteiger partial charge >= 0.3 is 0 Å². The molecule has 6 heteroatoms. The molecule has 2 aliphatic carbocycles. The maximum absolute atomic E-state index is 12.5. The van der Waals surface area contributed by atoms with E-state index in [1.165, 1.54) is 30.5 Å². The highest BCUT2D eigenvalue weighted by Gasteiger charge is 2.25. The van der Waals surface area contributed by atoms with Crippen LogP contribution < -0.4 is 5.32 Å². The molecular formula is C20H25ClN4O. The lowest BCUT2D eigenvalue weighted by molar-refractivity contribution is 0.0919. The number of nitrogens with zero attached hydrogens (tertiary/aromatic N) is 3. The summed E-state index contributed by atoms with van der Waals surface area (Å²) in [6.45, 7) is 2.86. The molecule has 5 nitrogen and oxygen atoms in total. The standard InChI is InChI=1S/C20H25ClN4O/c1-13-18(9-16(21)11-22-13)20(26)24-17-7-5-14(6-8-17)12-25-19-4-2-3-15(19)10-23-25/h9-11,14,17H,2-8,12H2,1H3,(H,24,26)/t14-,17-. The lowest BCUT2D eigenvalue weighted by Crippen LogP contribution is -2.38. The van der Waals surface area contributed by atoms with Crippen LogP contribution in [0.1, 0.15) is 59.4 Å². The molecule has 2 heterocycles. The summed E-state index contributed by atoms with van der Waals surface area (Å²) in [7, 11) is 0. The zero-order chi connectivity index (χ0) is 18.1. The van der Waals surface area contributed by atoms with Crippen molar-refractivity contribution in [1.82, 2.24) is 20.1 Å². The Hall–Kier alpha value is -1.88. The second-order valence-electron chi connectivity index (χ2n) is 7.63. The number of carbonyl (C=O) groups excluding carboxylic acids is 1. The van der Waals surface area contributed by atoms with Crippen LogP contribution in [-0.2, 0) is 19.4 Å². The number of aryl methyl sites for hydroxylation is 2.